The van der Waals surface area contributed by atoms with E-state index in [1.807, 2.05) is 12.1 Å². The highest BCUT2D eigenvalue weighted by Gasteiger charge is 2.25. The maximum atomic E-state index is 12.3. The zero-order valence-electron chi connectivity index (χ0n) is 11.8. The van der Waals surface area contributed by atoms with Crippen molar-refractivity contribution >= 4 is 17.5 Å². The first-order valence-corrected chi connectivity index (χ1v) is 7.40. The molecule has 1 aromatic carbocycles. The molecule has 1 amide bonds. The average Bonchev–Trinajstić information content (AvgIpc) is 2.97. The first kappa shape index (κ1) is 14.1. The summed E-state index contributed by atoms with van der Waals surface area (Å²) in [7, 11) is 0. The molecule has 6 heteroatoms. The van der Waals surface area contributed by atoms with E-state index in [0.717, 1.165) is 31.5 Å². The number of piperidine rings is 1. The fraction of sp³-hybridized carbons (Fsp3) is 0.400. The van der Waals surface area contributed by atoms with E-state index in [-0.39, 0.29) is 11.8 Å². The molecule has 0 spiro atoms. The van der Waals surface area contributed by atoms with E-state index in [4.69, 9.17) is 16.1 Å². The average molecular weight is 306 g/mol. The molecule has 1 aromatic heterocycles. The van der Waals surface area contributed by atoms with E-state index in [0.29, 0.717) is 16.8 Å². The Balaban J connectivity index is 1.77. The smallest absolute Gasteiger partial charge is 0.316 e. The molecule has 0 N–H and O–H groups in total. The van der Waals surface area contributed by atoms with Gasteiger partial charge in [-0.3, -0.25) is 4.79 Å². The molecule has 2 aromatic rings. The molecule has 1 aliphatic heterocycles. The number of carbonyl (C=O) groups is 1. The summed E-state index contributed by atoms with van der Waals surface area (Å²) in [5, 5.41) is 4.46. The molecule has 0 saturated carbocycles. The molecule has 0 unspecified atom stereocenters. The Morgan fingerprint density at radius 3 is 2.86 bits per heavy atom. The lowest BCUT2D eigenvalue weighted by atomic mass is 9.99. The summed E-state index contributed by atoms with van der Waals surface area (Å²) in [4.78, 5) is 18.3. The van der Waals surface area contributed by atoms with Crippen LogP contribution in [0.4, 0.5) is 0 Å². The van der Waals surface area contributed by atoms with Gasteiger partial charge in [0.1, 0.15) is 0 Å². The minimum absolute atomic E-state index is 0.0412. The molecule has 21 heavy (non-hydrogen) atoms. The number of amides is 1. The molecule has 1 saturated heterocycles. The first-order chi connectivity index (χ1) is 10.1. The van der Waals surface area contributed by atoms with Crippen LogP contribution in [-0.4, -0.2) is 34.0 Å². The van der Waals surface area contributed by atoms with E-state index >= 15 is 0 Å². The van der Waals surface area contributed by atoms with Gasteiger partial charge in [0, 0.05) is 23.7 Å². The lowest BCUT2D eigenvalue weighted by molar-refractivity contribution is 0.0647. The summed E-state index contributed by atoms with van der Waals surface area (Å²) >= 11 is 5.94. The Morgan fingerprint density at radius 1 is 1.38 bits per heavy atom. The van der Waals surface area contributed by atoms with Crippen molar-refractivity contribution in [2.45, 2.75) is 19.8 Å². The van der Waals surface area contributed by atoms with Gasteiger partial charge in [0.2, 0.25) is 5.82 Å². The van der Waals surface area contributed by atoms with E-state index in [9.17, 15) is 4.79 Å². The van der Waals surface area contributed by atoms with Crippen LogP contribution in [0.3, 0.4) is 0 Å². The van der Waals surface area contributed by atoms with Gasteiger partial charge in [0.15, 0.2) is 0 Å². The van der Waals surface area contributed by atoms with Crippen molar-refractivity contribution < 1.29 is 9.32 Å². The number of halogens is 1. The molecule has 0 radical (unpaired) electrons. The third-order valence-electron chi connectivity index (χ3n) is 3.76. The molecule has 2 heterocycles. The van der Waals surface area contributed by atoms with Crippen LogP contribution >= 0.6 is 11.6 Å². The van der Waals surface area contributed by atoms with Gasteiger partial charge in [-0.25, -0.2) is 0 Å². The Labute approximate surface area is 127 Å². The van der Waals surface area contributed by atoms with Crippen molar-refractivity contribution in [3.05, 3.63) is 35.2 Å². The molecule has 5 nitrogen and oxygen atoms in total. The second-order valence-electron chi connectivity index (χ2n) is 5.41. The summed E-state index contributed by atoms with van der Waals surface area (Å²) < 4.78 is 5.11. The lowest BCUT2D eigenvalue weighted by Crippen LogP contribution is -2.38. The van der Waals surface area contributed by atoms with Crippen LogP contribution in [0.15, 0.2) is 28.8 Å². The lowest BCUT2D eigenvalue weighted by Gasteiger charge is -2.28. The Hall–Kier alpha value is -1.88. The number of likely N-dealkylation sites (tertiary alicyclic amines) is 1. The topological polar surface area (TPSA) is 59.2 Å². The van der Waals surface area contributed by atoms with Crippen molar-refractivity contribution in [3.8, 4) is 11.4 Å². The van der Waals surface area contributed by atoms with Crippen molar-refractivity contribution in [3.63, 3.8) is 0 Å². The molecular weight excluding hydrogens is 290 g/mol. The molecule has 0 aliphatic carbocycles. The monoisotopic (exact) mass is 305 g/mol. The highest BCUT2D eigenvalue weighted by molar-refractivity contribution is 6.30. The van der Waals surface area contributed by atoms with E-state index in [1.165, 1.54) is 0 Å². The second-order valence-corrected chi connectivity index (χ2v) is 5.84. The predicted molar refractivity (Wildman–Crippen MR) is 79.0 cm³/mol. The summed E-state index contributed by atoms with van der Waals surface area (Å²) in [6.45, 7) is 3.69. The van der Waals surface area contributed by atoms with Gasteiger partial charge in [-0.2, -0.15) is 4.98 Å². The Bertz CT molecular complexity index is 648. The number of hydrogen-bond acceptors (Lipinski definition) is 4. The zero-order chi connectivity index (χ0) is 14.8. The number of rotatable bonds is 2. The van der Waals surface area contributed by atoms with Gasteiger partial charge in [0.25, 0.3) is 0 Å². The maximum absolute atomic E-state index is 12.3. The van der Waals surface area contributed by atoms with Crippen LogP contribution in [0.2, 0.25) is 5.02 Å². The third-order valence-corrected chi connectivity index (χ3v) is 4.00. The van der Waals surface area contributed by atoms with Crippen LogP contribution < -0.4 is 0 Å². The minimum atomic E-state index is -0.192. The molecule has 3 rings (SSSR count). The van der Waals surface area contributed by atoms with Gasteiger partial charge < -0.3 is 9.42 Å². The van der Waals surface area contributed by atoms with E-state index < -0.39 is 0 Å². The van der Waals surface area contributed by atoms with Gasteiger partial charge in [0.05, 0.1) is 0 Å². The van der Waals surface area contributed by atoms with Crippen LogP contribution in [0, 0.1) is 5.92 Å². The number of aromatic nitrogens is 2. The SMILES string of the molecule is CC1CCN(C(=O)c2nc(-c3cccc(Cl)c3)no2)CC1. The standard InChI is InChI=1S/C15H16ClN3O2/c1-10-5-7-19(8-6-10)15(20)14-17-13(18-21-14)11-3-2-4-12(16)9-11/h2-4,9-10H,5-8H2,1H3. The fourth-order valence-corrected chi connectivity index (χ4v) is 2.59. The fourth-order valence-electron chi connectivity index (χ4n) is 2.40. The van der Waals surface area contributed by atoms with Gasteiger partial charge in [-0.05, 0) is 30.9 Å². The van der Waals surface area contributed by atoms with E-state index in [1.54, 1.807) is 17.0 Å². The van der Waals surface area contributed by atoms with Crippen LogP contribution in [0.5, 0.6) is 0 Å². The highest BCUT2D eigenvalue weighted by atomic mass is 35.5. The first-order valence-electron chi connectivity index (χ1n) is 7.02. The van der Waals surface area contributed by atoms with Gasteiger partial charge >= 0.3 is 11.8 Å². The Morgan fingerprint density at radius 2 is 2.14 bits per heavy atom. The number of hydrogen-bond donors (Lipinski definition) is 0. The minimum Gasteiger partial charge on any atom is -0.334 e. The van der Waals surface area contributed by atoms with Crippen LogP contribution in [0.25, 0.3) is 11.4 Å². The van der Waals surface area contributed by atoms with Crippen LogP contribution in [-0.2, 0) is 0 Å². The van der Waals surface area contributed by atoms with Gasteiger partial charge in [-0.15, -0.1) is 0 Å². The molecule has 0 atom stereocenters. The maximum Gasteiger partial charge on any atom is 0.316 e. The summed E-state index contributed by atoms with van der Waals surface area (Å²) in [5.41, 5.74) is 0.734. The molecule has 110 valence electrons. The normalized spacial score (nSPS) is 16.2. The number of nitrogens with zero attached hydrogens (tertiary/aromatic N) is 3. The second kappa shape index (κ2) is 5.85. The largest absolute Gasteiger partial charge is 0.334 e. The third kappa shape index (κ3) is 3.08. The van der Waals surface area contributed by atoms with Crippen molar-refractivity contribution in [1.29, 1.82) is 0 Å². The Kier molecular flexibility index (Phi) is 3.92. The molecule has 0 bridgehead atoms. The zero-order valence-corrected chi connectivity index (χ0v) is 12.5. The van der Waals surface area contributed by atoms with Crippen molar-refractivity contribution in [2.24, 2.45) is 5.92 Å². The molecule has 1 aliphatic rings. The summed E-state index contributed by atoms with van der Waals surface area (Å²) in [5.74, 6) is 0.896. The predicted octanol–water partition coefficient (Wildman–Crippen LogP) is 3.26. The van der Waals surface area contributed by atoms with Gasteiger partial charge in [-0.1, -0.05) is 35.8 Å². The molecular formula is C15H16ClN3O2. The van der Waals surface area contributed by atoms with Crippen LogP contribution in [0.1, 0.15) is 30.5 Å². The summed E-state index contributed by atoms with van der Waals surface area (Å²) in [6, 6.07) is 7.14. The highest BCUT2D eigenvalue weighted by Crippen LogP contribution is 2.21. The number of benzene rings is 1. The van der Waals surface area contributed by atoms with Crippen molar-refractivity contribution in [1.82, 2.24) is 15.0 Å². The quantitative estimate of drug-likeness (QED) is 0.854. The van der Waals surface area contributed by atoms with E-state index in [2.05, 4.69) is 17.1 Å². The summed E-state index contributed by atoms with van der Waals surface area (Å²) in [6.07, 6.45) is 2.03. The van der Waals surface area contributed by atoms with Crippen molar-refractivity contribution in [2.75, 3.05) is 13.1 Å². The molecule has 1 fully saturated rings. The number of carbonyl (C=O) groups excluding carboxylic acids is 1.